The molecular formula is C19H37N. The zero-order chi connectivity index (χ0) is 14.5. The molecule has 1 heterocycles. The fourth-order valence-electron chi connectivity index (χ4n) is 3.23. The highest BCUT2D eigenvalue weighted by Gasteiger charge is 2.16. The summed E-state index contributed by atoms with van der Waals surface area (Å²) in [6.07, 6.45) is 22.8. The van der Waals surface area contributed by atoms with Gasteiger partial charge in [-0.05, 0) is 51.9 Å². The van der Waals surface area contributed by atoms with Gasteiger partial charge in [0.2, 0.25) is 0 Å². The van der Waals surface area contributed by atoms with E-state index in [-0.39, 0.29) is 0 Å². The number of allylic oxidation sites excluding steroid dienone is 2. The molecule has 0 aromatic heterocycles. The first-order valence-corrected chi connectivity index (χ1v) is 9.24. The predicted molar refractivity (Wildman–Crippen MR) is 91.2 cm³/mol. The standard InChI is InChI=1S/C19H37N/c1-3-4-5-6-7-8-9-10-11-12-13-16-19-17-14-15-18(2)20-19/h10-11,18-20H,3-9,12-17H2,1-2H3/b11-10+/t18-,19-/m1/s1. The quantitative estimate of drug-likeness (QED) is 0.361. The lowest BCUT2D eigenvalue weighted by Crippen LogP contribution is -2.40. The Morgan fingerprint density at radius 3 is 2.35 bits per heavy atom. The van der Waals surface area contributed by atoms with Crippen LogP contribution in [0.5, 0.6) is 0 Å². The van der Waals surface area contributed by atoms with Crippen molar-refractivity contribution in [2.45, 2.75) is 109 Å². The van der Waals surface area contributed by atoms with E-state index >= 15 is 0 Å². The fraction of sp³-hybridized carbons (Fsp3) is 0.895. The van der Waals surface area contributed by atoms with Crippen molar-refractivity contribution in [3.8, 4) is 0 Å². The summed E-state index contributed by atoms with van der Waals surface area (Å²) in [5, 5.41) is 3.73. The van der Waals surface area contributed by atoms with Crippen molar-refractivity contribution >= 4 is 0 Å². The Balaban J connectivity index is 1.84. The van der Waals surface area contributed by atoms with Crippen molar-refractivity contribution in [1.82, 2.24) is 5.32 Å². The molecule has 1 nitrogen and oxygen atoms in total. The lowest BCUT2D eigenvalue weighted by Gasteiger charge is -2.28. The molecule has 2 atom stereocenters. The molecule has 0 radical (unpaired) electrons. The molecule has 1 saturated heterocycles. The van der Waals surface area contributed by atoms with Crippen LogP contribution in [-0.2, 0) is 0 Å². The Bertz CT molecular complexity index is 234. The normalized spacial score (nSPS) is 23.5. The minimum Gasteiger partial charge on any atom is -0.312 e. The van der Waals surface area contributed by atoms with Gasteiger partial charge >= 0.3 is 0 Å². The number of hydrogen-bond donors (Lipinski definition) is 1. The molecule has 0 unspecified atom stereocenters. The van der Waals surface area contributed by atoms with Crippen LogP contribution >= 0.6 is 0 Å². The second-order valence-electron chi connectivity index (χ2n) is 6.65. The minimum absolute atomic E-state index is 0.747. The SMILES string of the molecule is CCCCCCCC/C=C/CCC[C@@H]1CCC[C@@H](C)N1. The molecule has 1 heteroatoms. The van der Waals surface area contributed by atoms with Crippen LogP contribution in [0, 0.1) is 0 Å². The Morgan fingerprint density at radius 2 is 1.60 bits per heavy atom. The topological polar surface area (TPSA) is 12.0 Å². The highest BCUT2D eigenvalue weighted by molar-refractivity contribution is 4.83. The summed E-state index contributed by atoms with van der Waals surface area (Å²) in [5.41, 5.74) is 0. The Hall–Kier alpha value is -0.300. The van der Waals surface area contributed by atoms with Crippen LogP contribution in [0.3, 0.4) is 0 Å². The maximum absolute atomic E-state index is 3.73. The maximum Gasteiger partial charge on any atom is 0.00696 e. The number of rotatable bonds is 11. The van der Waals surface area contributed by atoms with Gasteiger partial charge in [-0.15, -0.1) is 0 Å². The summed E-state index contributed by atoms with van der Waals surface area (Å²) >= 11 is 0. The van der Waals surface area contributed by atoms with Gasteiger partial charge in [0.25, 0.3) is 0 Å². The molecule has 0 bridgehead atoms. The van der Waals surface area contributed by atoms with Gasteiger partial charge in [0.15, 0.2) is 0 Å². The molecule has 1 fully saturated rings. The molecule has 0 spiro atoms. The third-order valence-electron chi connectivity index (χ3n) is 4.52. The predicted octanol–water partition coefficient (Wildman–Crippen LogP) is 5.99. The molecule has 118 valence electrons. The van der Waals surface area contributed by atoms with Crippen LogP contribution < -0.4 is 5.32 Å². The van der Waals surface area contributed by atoms with Crippen molar-refractivity contribution in [3.05, 3.63) is 12.2 Å². The summed E-state index contributed by atoms with van der Waals surface area (Å²) in [6, 6.07) is 1.54. The van der Waals surface area contributed by atoms with E-state index < -0.39 is 0 Å². The lowest BCUT2D eigenvalue weighted by atomic mass is 9.96. The summed E-state index contributed by atoms with van der Waals surface area (Å²) in [7, 11) is 0. The summed E-state index contributed by atoms with van der Waals surface area (Å²) in [4.78, 5) is 0. The molecule has 0 amide bonds. The van der Waals surface area contributed by atoms with Gasteiger partial charge in [0.1, 0.15) is 0 Å². The monoisotopic (exact) mass is 279 g/mol. The van der Waals surface area contributed by atoms with Crippen LogP contribution in [0.15, 0.2) is 12.2 Å². The average molecular weight is 280 g/mol. The molecule has 0 aromatic carbocycles. The molecule has 1 rings (SSSR count). The Morgan fingerprint density at radius 1 is 0.900 bits per heavy atom. The Kier molecular flexibility index (Phi) is 11.0. The van der Waals surface area contributed by atoms with Crippen LogP contribution in [0.25, 0.3) is 0 Å². The van der Waals surface area contributed by atoms with Crippen molar-refractivity contribution in [3.63, 3.8) is 0 Å². The first-order chi connectivity index (χ1) is 9.83. The highest BCUT2D eigenvalue weighted by Crippen LogP contribution is 2.16. The molecule has 1 aliphatic rings. The van der Waals surface area contributed by atoms with Gasteiger partial charge in [0.05, 0.1) is 0 Å². The van der Waals surface area contributed by atoms with Crippen LogP contribution in [0.4, 0.5) is 0 Å². The van der Waals surface area contributed by atoms with E-state index in [0.717, 1.165) is 12.1 Å². The van der Waals surface area contributed by atoms with E-state index in [1.807, 2.05) is 0 Å². The first kappa shape index (κ1) is 17.8. The molecule has 0 aromatic rings. The van der Waals surface area contributed by atoms with Gasteiger partial charge in [-0.3, -0.25) is 0 Å². The fourth-order valence-corrected chi connectivity index (χ4v) is 3.23. The van der Waals surface area contributed by atoms with Crippen LogP contribution in [-0.4, -0.2) is 12.1 Å². The van der Waals surface area contributed by atoms with Crippen molar-refractivity contribution in [2.24, 2.45) is 0 Å². The van der Waals surface area contributed by atoms with E-state index in [1.54, 1.807) is 0 Å². The number of unbranched alkanes of at least 4 members (excludes halogenated alkanes) is 7. The summed E-state index contributed by atoms with van der Waals surface area (Å²) in [6.45, 7) is 4.61. The smallest absolute Gasteiger partial charge is 0.00696 e. The molecular weight excluding hydrogens is 242 g/mol. The molecule has 1 N–H and O–H groups in total. The van der Waals surface area contributed by atoms with E-state index in [2.05, 4.69) is 31.3 Å². The third kappa shape index (κ3) is 9.58. The minimum atomic E-state index is 0.747. The third-order valence-corrected chi connectivity index (χ3v) is 4.52. The van der Waals surface area contributed by atoms with Gasteiger partial charge in [0, 0.05) is 12.1 Å². The maximum atomic E-state index is 3.73. The molecule has 1 aliphatic heterocycles. The van der Waals surface area contributed by atoms with E-state index in [4.69, 9.17) is 0 Å². The van der Waals surface area contributed by atoms with E-state index in [9.17, 15) is 0 Å². The number of piperidine rings is 1. The zero-order valence-electron chi connectivity index (χ0n) is 14.0. The van der Waals surface area contributed by atoms with Gasteiger partial charge in [-0.1, -0.05) is 57.6 Å². The summed E-state index contributed by atoms with van der Waals surface area (Å²) in [5.74, 6) is 0. The Labute approximate surface area is 127 Å². The first-order valence-electron chi connectivity index (χ1n) is 9.24. The van der Waals surface area contributed by atoms with Crippen molar-refractivity contribution in [1.29, 1.82) is 0 Å². The highest BCUT2D eigenvalue weighted by atomic mass is 15.0. The second kappa shape index (κ2) is 12.4. The number of nitrogens with one attached hydrogen (secondary N) is 1. The van der Waals surface area contributed by atoms with Gasteiger partial charge < -0.3 is 5.32 Å². The largest absolute Gasteiger partial charge is 0.312 e. The van der Waals surface area contributed by atoms with Gasteiger partial charge in [-0.2, -0.15) is 0 Å². The summed E-state index contributed by atoms with van der Waals surface area (Å²) < 4.78 is 0. The van der Waals surface area contributed by atoms with Crippen molar-refractivity contribution in [2.75, 3.05) is 0 Å². The van der Waals surface area contributed by atoms with E-state index in [0.29, 0.717) is 0 Å². The van der Waals surface area contributed by atoms with E-state index in [1.165, 1.54) is 83.5 Å². The second-order valence-corrected chi connectivity index (χ2v) is 6.65. The molecule has 0 saturated carbocycles. The van der Waals surface area contributed by atoms with Crippen molar-refractivity contribution < 1.29 is 0 Å². The number of hydrogen-bond acceptors (Lipinski definition) is 1. The zero-order valence-corrected chi connectivity index (χ0v) is 14.0. The lowest BCUT2D eigenvalue weighted by molar-refractivity contribution is 0.318. The average Bonchev–Trinajstić information content (AvgIpc) is 2.45. The van der Waals surface area contributed by atoms with Crippen LogP contribution in [0.2, 0.25) is 0 Å². The molecule has 0 aliphatic carbocycles. The van der Waals surface area contributed by atoms with Gasteiger partial charge in [-0.25, -0.2) is 0 Å². The van der Waals surface area contributed by atoms with Crippen LogP contribution in [0.1, 0.15) is 97.3 Å². The molecule has 20 heavy (non-hydrogen) atoms.